The van der Waals surface area contributed by atoms with Crippen LogP contribution in [0, 0.1) is 23.0 Å². The van der Waals surface area contributed by atoms with Crippen LogP contribution in [0.4, 0.5) is 8.78 Å². The number of halogens is 2. The standard InChI is InChI=1S/C10H5F2NO2/c11-8-4-7(5-13)9(12)3-6(8)1-2-10(14)15/h1-4H,(H,14,15). The minimum Gasteiger partial charge on any atom is -0.478 e. The quantitative estimate of drug-likeness (QED) is 0.757. The van der Waals surface area contributed by atoms with E-state index in [1.54, 1.807) is 0 Å². The molecule has 0 aliphatic rings. The summed E-state index contributed by atoms with van der Waals surface area (Å²) in [6.07, 6.45) is 1.60. The number of carbonyl (C=O) groups is 1. The lowest BCUT2D eigenvalue weighted by atomic mass is 10.1. The second kappa shape index (κ2) is 4.33. The molecule has 5 heteroatoms. The van der Waals surface area contributed by atoms with E-state index in [-0.39, 0.29) is 5.56 Å². The molecule has 0 fully saturated rings. The molecule has 1 N–H and O–H groups in total. The van der Waals surface area contributed by atoms with Gasteiger partial charge in [0.15, 0.2) is 0 Å². The third-order valence-corrected chi connectivity index (χ3v) is 1.61. The van der Waals surface area contributed by atoms with Crippen LogP contribution in [0.1, 0.15) is 11.1 Å². The topological polar surface area (TPSA) is 61.1 Å². The number of nitrogens with zero attached hydrogens (tertiary/aromatic N) is 1. The van der Waals surface area contributed by atoms with Gasteiger partial charge in [0.05, 0.1) is 5.56 Å². The molecule has 76 valence electrons. The van der Waals surface area contributed by atoms with Crippen LogP contribution in [0.2, 0.25) is 0 Å². The summed E-state index contributed by atoms with van der Waals surface area (Å²) in [4.78, 5) is 10.1. The van der Waals surface area contributed by atoms with Crippen molar-refractivity contribution in [2.75, 3.05) is 0 Å². The molecule has 0 bridgehead atoms. The van der Waals surface area contributed by atoms with Gasteiger partial charge in [-0.1, -0.05) is 0 Å². The maximum atomic E-state index is 13.1. The molecule has 0 saturated carbocycles. The molecule has 3 nitrogen and oxygen atoms in total. The Morgan fingerprint density at radius 2 is 2.07 bits per heavy atom. The largest absolute Gasteiger partial charge is 0.478 e. The summed E-state index contributed by atoms with van der Waals surface area (Å²) < 4.78 is 26.1. The van der Waals surface area contributed by atoms with E-state index in [2.05, 4.69) is 0 Å². The zero-order valence-electron chi connectivity index (χ0n) is 7.37. The Morgan fingerprint density at radius 1 is 1.40 bits per heavy atom. The average molecular weight is 209 g/mol. The number of benzene rings is 1. The van der Waals surface area contributed by atoms with Gasteiger partial charge in [0.2, 0.25) is 0 Å². The highest BCUT2D eigenvalue weighted by molar-refractivity contribution is 5.85. The van der Waals surface area contributed by atoms with Crippen molar-refractivity contribution < 1.29 is 18.7 Å². The third kappa shape index (κ3) is 2.61. The highest BCUT2D eigenvalue weighted by Crippen LogP contribution is 2.15. The predicted molar refractivity (Wildman–Crippen MR) is 47.7 cm³/mol. The van der Waals surface area contributed by atoms with Crippen molar-refractivity contribution in [2.24, 2.45) is 0 Å². The van der Waals surface area contributed by atoms with Gasteiger partial charge in [0.1, 0.15) is 17.7 Å². The first-order valence-corrected chi connectivity index (χ1v) is 3.84. The average Bonchev–Trinajstić information content (AvgIpc) is 2.18. The first-order chi connectivity index (χ1) is 7.04. The van der Waals surface area contributed by atoms with E-state index < -0.39 is 23.2 Å². The first-order valence-electron chi connectivity index (χ1n) is 3.84. The van der Waals surface area contributed by atoms with Crippen LogP contribution >= 0.6 is 0 Å². The highest BCUT2D eigenvalue weighted by atomic mass is 19.1. The number of hydrogen-bond donors (Lipinski definition) is 1. The maximum Gasteiger partial charge on any atom is 0.328 e. The van der Waals surface area contributed by atoms with Gasteiger partial charge in [-0.2, -0.15) is 5.26 Å². The van der Waals surface area contributed by atoms with Gasteiger partial charge < -0.3 is 5.11 Å². The van der Waals surface area contributed by atoms with Gasteiger partial charge in [-0.15, -0.1) is 0 Å². The van der Waals surface area contributed by atoms with Gasteiger partial charge >= 0.3 is 5.97 Å². The maximum absolute atomic E-state index is 13.1. The Hall–Kier alpha value is -2.22. The first kappa shape index (κ1) is 10.9. The summed E-state index contributed by atoms with van der Waals surface area (Å²) in [6, 6.07) is 2.96. The van der Waals surface area contributed by atoms with Crippen LogP contribution in [-0.4, -0.2) is 11.1 Å². The molecular formula is C10H5F2NO2. The third-order valence-electron chi connectivity index (χ3n) is 1.61. The minimum atomic E-state index is -1.26. The Bertz CT molecular complexity index is 475. The summed E-state index contributed by atoms with van der Waals surface area (Å²) in [5.41, 5.74) is -0.631. The van der Waals surface area contributed by atoms with Crippen LogP contribution in [0.5, 0.6) is 0 Å². The van der Waals surface area contributed by atoms with E-state index in [9.17, 15) is 13.6 Å². The zero-order valence-corrected chi connectivity index (χ0v) is 7.37. The van der Waals surface area contributed by atoms with E-state index in [1.165, 1.54) is 6.07 Å². The summed E-state index contributed by atoms with van der Waals surface area (Å²) in [7, 11) is 0. The van der Waals surface area contributed by atoms with Crippen LogP contribution in [0.25, 0.3) is 6.08 Å². The zero-order chi connectivity index (χ0) is 11.4. The summed E-state index contributed by atoms with van der Waals surface area (Å²) in [6.45, 7) is 0. The van der Waals surface area contributed by atoms with E-state index in [1.807, 2.05) is 0 Å². The number of hydrogen-bond acceptors (Lipinski definition) is 2. The van der Waals surface area contributed by atoms with Gasteiger partial charge in [-0.3, -0.25) is 0 Å². The molecule has 0 aromatic heterocycles. The summed E-state index contributed by atoms with van der Waals surface area (Å²) >= 11 is 0. The number of nitriles is 1. The van der Waals surface area contributed by atoms with Crippen molar-refractivity contribution in [3.63, 3.8) is 0 Å². The van der Waals surface area contributed by atoms with Crippen molar-refractivity contribution in [1.82, 2.24) is 0 Å². The fraction of sp³-hybridized carbons (Fsp3) is 0. The highest BCUT2D eigenvalue weighted by Gasteiger charge is 2.07. The smallest absolute Gasteiger partial charge is 0.328 e. The van der Waals surface area contributed by atoms with Crippen LogP contribution < -0.4 is 0 Å². The van der Waals surface area contributed by atoms with Crippen LogP contribution in [0.15, 0.2) is 18.2 Å². The lowest BCUT2D eigenvalue weighted by molar-refractivity contribution is -0.131. The molecule has 0 amide bonds. The van der Waals surface area contributed by atoms with E-state index in [0.29, 0.717) is 6.08 Å². The Labute approximate surface area is 83.9 Å². The SMILES string of the molecule is N#Cc1cc(F)c(C=CC(=O)O)cc1F. The van der Waals surface area contributed by atoms with E-state index in [4.69, 9.17) is 10.4 Å². The normalized spacial score (nSPS) is 10.2. The number of carboxylic acids is 1. The molecule has 15 heavy (non-hydrogen) atoms. The molecule has 0 unspecified atom stereocenters. The molecule has 0 radical (unpaired) electrons. The molecule has 0 spiro atoms. The van der Waals surface area contributed by atoms with Crippen molar-refractivity contribution in [1.29, 1.82) is 5.26 Å². The van der Waals surface area contributed by atoms with Crippen molar-refractivity contribution in [3.05, 3.63) is 41.0 Å². The fourth-order valence-electron chi connectivity index (χ4n) is 0.937. The van der Waals surface area contributed by atoms with Crippen molar-refractivity contribution in [3.8, 4) is 6.07 Å². The lowest BCUT2D eigenvalue weighted by Gasteiger charge is -1.98. The molecule has 1 aromatic rings. The summed E-state index contributed by atoms with van der Waals surface area (Å²) in [5, 5.41) is 16.7. The molecule has 0 heterocycles. The van der Waals surface area contributed by atoms with Crippen molar-refractivity contribution in [2.45, 2.75) is 0 Å². The fourth-order valence-corrected chi connectivity index (χ4v) is 0.937. The Balaban J connectivity index is 3.18. The van der Waals surface area contributed by atoms with Gasteiger partial charge in [0, 0.05) is 11.6 Å². The Morgan fingerprint density at radius 3 is 2.60 bits per heavy atom. The lowest BCUT2D eigenvalue weighted by Crippen LogP contribution is -1.92. The monoisotopic (exact) mass is 209 g/mol. The van der Waals surface area contributed by atoms with Crippen LogP contribution in [-0.2, 0) is 4.79 Å². The summed E-state index contributed by atoms with van der Waals surface area (Å²) in [5.74, 6) is -2.99. The molecular weight excluding hydrogens is 204 g/mol. The van der Waals surface area contributed by atoms with Crippen LogP contribution in [0.3, 0.4) is 0 Å². The van der Waals surface area contributed by atoms with Gasteiger partial charge in [-0.25, -0.2) is 13.6 Å². The van der Waals surface area contributed by atoms with E-state index in [0.717, 1.165) is 18.2 Å². The molecule has 0 saturated heterocycles. The number of rotatable bonds is 2. The second-order valence-electron chi connectivity index (χ2n) is 2.64. The Kier molecular flexibility index (Phi) is 3.13. The molecule has 1 aromatic carbocycles. The van der Waals surface area contributed by atoms with Gasteiger partial charge in [-0.05, 0) is 18.2 Å². The number of aliphatic carboxylic acids is 1. The van der Waals surface area contributed by atoms with E-state index >= 15 is 0 Å². The van der Waals surface area contributed by atoms with Crippen molar-refractivity contribution >= 4 is 12.0 Å². The number of carboxylic acid groups (broad SMARTS) is 1. The molecule has 1 rings (SSSR count). The molecule has 0 aliphatic carbocycles. The van der Waals surface area contributed by atoms with Gasteiger partial charge in [0.25, 0.3) is 0 Å². The predicted octanol–water partition coefficient (Wildman–Crippen LogP) is 1.93. The minimum absolute atomic E-state index is 0.214. The molecule has 0 aliphatic heterocycles. The molecule has 0 atom stereocenters. The second-order valence-corrected chi connectivity index (χ2v) is 2.64.